The highest BCUT2D eigenvalue weighted by atomic mass is 32.2. The predicted molar refractivity (Wildman–Crippen MR) is 104 cm³/mol. The summed E-state index contributed by atoms with van der Waals surface area (Å²) in [6, 6.07) is 24.6. The molecule has 0 aliphatic rings. The standard InChI is InChI=1S/C21H23NO3S/c1-26(23,24)25-17-14-20(22-15-8-9-16-22)21(18-10-4-2-5-11-18)19-12-6-3-7-13-19/h2-13,15-16,20-21H,14,17H2,1H3/t20-/m0/s1. The van der Waals surface area contributed by atoms with Gasteiger partial charge >= 0.3 is 0 Å². The molecule has 0 aliphatic carbocycles. The van der Waals surface area contributed by atoms with Gasteiger partial charge in [0.25, 0.3) is 10.1 Å². The lowest BCUT2D eigenvalue weighted by molar-refractivity contribution is 0.274. The average molecular weight is 369 g/mol. The van der Waals surface area contributed by atoms with E-state index in [4.69, 9.17) is 4.18 Å². The fourth-order valence-corrected chi connectivity index (χ4v) is 3.73. The number of benzene rings is 2. The molecule has 0 N–H and O–H groups in total. The molecule has 4 nitrogen and oxygen atoms in total. The van der Waals surface area contributed by atoms with E-state index < -0.39 is 10.1 Å². The smallest absolute Gasteiger partial charge is 0.264 e. The summed E-state index contributed by atoms with van der Waals surface area (Å²) in [6.45, 7) is 0.151. The molecule has 5 heteroatoms. The number of rotatable bonds is 8. The summed E-state index contributed by atoms with van der Waals surface area (Å²) in [7, 11) is -3.45. The summed E-state index contributed by atoms with van der Waals surface area (Å²) in [6.07, 6.45) is 5.70. The maximum Gasteiger partial charge on any atom is 0.264 e. The first-order valence-electron chi connectivity index (χ1n) is 8.61. The van der Waals surface area contributed by atoms with Crippen LogP contribution in [0.2, 0.25) is 0 Å². The third kappa shape index (κ3) is 4.84. The van der Waals surface area contributed by atoms with Crippen LogP contribution in [0.4, 0.5) is 0 Å². The average Bonchev–Trinajstić information content (AvgIpc) is 3.16. The van der Waals surface area contributed by atoms with Crippen molar-refractivity contribution in [1.82, 2.24) is 4.57 Å². The van der Waals surface area contributed by atoms with Crippen LogP contribution in [0.3, 0.4) is 0 Å². The summed E-state index contributed by atoms with van der Waals surface area (Å²) in [5, 5.41) is 0. The van der Waals surface area contributed by atoms with E-state index in [0.717, 1.165) is 6.26 Å². The molecule has 2 aromatic carbocycles. The van der Waals surface area contributed by atoms with Gasteiger partial charge < -0.3 is 4.57 Å². The molecular formula is C21H23NO3S. The van der Waals surface area contributed by atoms with Gasteiger partial charge in [-0.25, -0.2) is 0 Å². The summed E-state index contributed by atoms with van der Waals surface area (Å²) in [4.78, 5) is 0. The second-order valence-electron chi connectivity index (χ2n) is 6.31. The predicted octanol–water partition coefficient (Wildman–Crippen LogP) is 4.23. The molecule has 1 aromatic heterocycles. The zero-order valence-corrected chi connectivity index (χ0v) is 15.5. The molecule has 0 saturated heterocycles. The van der Waals surface area contributed by atoms with Crippen LogP contribution in [0.25, 0.3) is 0 Å². The van der Waals surface area contributed by atoms with Gasteiger partial charge in [0.1, 0.15) is 0 Å². The third-order valence-corrected chi connectivity index (χ3v) is 5.02. The Hall–Kier alpha value is -2.37. The van der Waals surface area contributed by atoms with Gasteiger partial charge in [0.15, 0.2) is 0 Å². The number of hydrogen-bond donors (Lipinski definition) is 0. The van der Waals surface area contributed by atoms with Crippen molar-refractivity contribution in [2.45, 2.75) is 18.4 Å². The van der Waals surface area contributed by atoms with Crippen molar-refractivity contribution < 1.29 is 12.6 Å². The van der Waals surface area contributed by atoms with Crippen LogP contribution in [-0.4, -0.2) is 25.8 Å². The highest BCUT2D eigenvalue weighted by Crippen LogP contribution is 2.37. The maximum absolute atomic E-state index is 11.4. The first-order valence-corrected chi connectivity index (χ1v) is 10.4. The van der Waals surface area contributed by atoms with E-state index in [0.29, 0.717) is 6.42 Å². The van der Waals surface area contributed by atoms with Gasteiger partial charge in [-0.2, -0.15) is 8.42 Å². The van der Waals surface area contributed by atoms with Crippen molar-refractivity contribution in [3.63, 3.8) is 0 Å². The molecule has 0 bridgehead atoms. The topological polar surface area (TPSA) is 48.3 Å². The van der Waals surface area contributed by atoms with Crippen LogP contribution >= 0.6 is 0 Å². The molecule has 0 fully saturated rings. The number of nitrogens with zero attached hydrogens (tertiary/aromatic N) is 1. The van der Waals surface area contributed by atoms with Crippen molar-refractivity contribution in [2.75, 3.05) is 12.9 Å². The monoisotopic (exact) mass is 369 g/mol. The second-order valence-corrected chi connectivity index (χ2v) is 7.96. The Bertz CT molecular complexity index is 851. The van der Waals surface area contributed by atoms with E-state index in [9.17, 15) is 8.42 Å². The lowest BCUT2D eigenvalue weighted by atomic mass is 9.83. The highest BCUT2D eigenvalue weighted by molar-refractivity contribution is 7.85. The molecule has 26 heavy (non-hydrogen) atoms. The second kappa shape index (κ2) is 8.34. The summed E-state index contributed by atoms with van der Waals surface area (Å²) in [5.41, 5.74) is 2.38. The van der Waals surface area contributed by atoms with Crippen molar-refractivity contribution in [3.8, 4) is 0 Å². The van der Waals surface area contributed by atoms with Gasteiger partial charge in [-0.1, -0.05) is 60.7 Å². The van der Waals surface area contributed by atoms with Gasteiger partial charge in [-0.05, 0) is 29.7 Å². The molecule has 1 atom stereocenters. The fourth-order valence-electron chi connectivity index (χ4n) is 3.33. The summed E-state index contributed by atoms with van der Waals surface area (Å²) < 4.78 is 29.9. The number of hydrogen-bond acceptors (Lipinski definition) is 3. The minimum absolute atomic E-state index is 0.0385. The number of aromatic nitrogens is 1. The lowest BCUT2D eigenvalue weighted by Gasteiger charge is -2.29. The van der Waals surface area contributed by atoms with Crippen LogP contribution in [0.1, 0.15) is 29.5 Å². The Morgan fingerprint density at radius 3 is 1.81 bits per heavy atom. The molecule has 0 amide bonds. The minimum Gasteiger partial charge on any atom is -0.350 e. The van der Waals surface area contributed by atoms with Gasteiger partial charge in [-0.15, -0.1) is 0 Å². The van der Waals surface area contributed by atoms with E-state index in [-0.39, 0.29) is 18.6 Å². The van der Waals surface area contributed by atoms with E-state index in [1.54, 1.807) is 0 Å². The fraction of sp³-hybridized carbons (Fsp3) is 0.238. The van der Waals surface area contributed by atoms with Crippen LogP contribution in [0.15, 0.2) is 85.2 Å². The Kier molecular flexibility index (Phi) is 5.91. The zero-order chi connectivity index (χ0) is 18.4. The molecule has 1 heterocycles. The third-order valence-electron chi connectivity index (χ3n) is 4.42. The first kappa shape index (κ1) is 18.4. The quantitative estimate of drug-likeness (QED) is 0.558. The Morgan fingerprint density at radius 1 is 0.846 bits per heavy atom. The molecule has 136 valence electrons. The van der Waals surface area contributed by atoms with E-state index >= 15 is 0 Å². The lowest BCUT2D eigenvalue weighted by Crippen LogP contribution is -2.21. The van der Waals surface area contributed by atoms with Gasteiger partial charge in [-0.3, -0.25) is 4.18 Å². The van der Waals surface area contributed by atoms with Crippen molar-refractivity contribution in [2.24, 2.45) is 0 Å². The minimum atomic E-state index is -3.45. The van der Waals surface area contributed by atoms with Gasteiger partial charge in [0.05, 0.1) is 12.9 Å². The zero-order valence-electron chi connectivity index (χ0n) is 14.7. The molecule has 0 spiro atoms. The normalized spacial score (nSPS) is 13.0. The van der Waals surface area contributed by atoms with Crippen LogP contribution in [0.5, 0.6) is 0 Å². The SMILES string of the molecule is CS(=O)(=O)OCC[C@@H](C(c1ccccc1)c1ccccc1)n1cccc1. The summed E-state index contributed by atoms with van der Waals surface area (Å²) >= 11 is 0. The van der Waals surface area contributed by atoms with Crippen molar-refractivity contribution in [3.05, 3.63) is 96.3 Å². The van der Waals surface area contributed by atoms with E-state index in [1.165, 1.54) is 11.1 Å². The Labute approximate surface area is 155 Å². The van der Waals surface area contributed by atoms with Crippen molar-refractivity contribution >= 4 is 10.1 Å². The Balaban J connectivity index is 1.98. The summed E-state index contributed by atoms with van der Waals surface area (Å²) in [5.74, 6) is 0.0907. The molecule has 0 saturated carbocycles. The molecule has 3 aromatic rings. The van der Waals surface area contributed by atoms with E-state index in [1.807, 2.05) is 60.9 Å². The van der Waals surface area contributed by atoms with Gasteiger partial charge in [0.2, 0.25) is 0 Å². The van der Waals surface area contributed by atoms with E-state index in [2.05, 4.69) is 28.8 Å². The van der Waals surface area contributed by atoms with Crippen LogP contribution in [0, 0.1) is 0 Å². The van der Waals surface area contributed by atoms with Crippen LogP contribution in [-0.2, 0) is 14.3 Å². The molecular weight excluding hydrogens is 346 g/mol. The maximum atomic E-state index is 11.4. The highest BCUT2D eigenvalue weighted by Gasteiger charge is 2.26. The molecule has 3 rings (SSSR count). The largest absolute Gasteiger partial charge is 0.350 e. The van der Waals surface area contributed by atoms with Gasteiger partial charge in [0, 0.05) is 24.4 Å². The molecule has 0 unspecified atom stereocenters. The first-order chi connectivity index (χ1) is 12.5. The van der Waals surface area contributed by atoms with Crippen LogP contribution < -0.4 is 0 Å². The Morgan fingerprint density at radius 2 is 1.35 bits per heavy atom. The molecule has 0 radical (unpaired) electrons. The molecule has 0 aliphatic heterocycles. The van der Waals surface area contributed by atoms with Crippen molar-refractivity contribution in [1.29, 1.82) is 0 Å².